The first kappa shape index (κ1) is 11.7. The average Bonchev–Trinajstić information content (AvgIpc) is 2.92. The number of carbonyl (C=O) groups excluding carboxylic acids is 1. The van der Waals surface area contributed by atoms with Crippen molar-refractivity contribution in [3.63, 3.8) is 0 Å². The van der Waals surface area contributed by atoms with Gasteiger partial charge in [0, 0.05) is 18.8 Å². The van der Waals surface area contributed by atoms with Crippen LogP contribution in [0.1, 0.15) is 24.0 Å². The Balaban J connectivity index is 1.70. The zero-order chi connectivity index (χ0) is 12.4. The van der Waals surface area contributed by atoms with E-state index in [0.29, 0.717) is 6.61 Å². The van der Waals surface area contributed by atoms with Crippen LogP contribution in [0.15, 0.2) is 18.2 Å². The molecule has 2 aliphatic heterocycles. The molecule has 1 fully saturated rings. The molecule has 2 heterocycles. The summed E-state index contributed by atoms with van der Waals surface area (Å²) < 4.78 is 5.38. The molecule has 1 saturated heterocycles. The molecule has 2 N–H and O–H groups in total. The Morgan fingerprint density at radius 2 is 2.33 bits per heavy atom. The molecular weight excluding hydrogens is 228 g/mol. The van der Waals surface area contributed by atoms with Gasteiger partial charge < -0.3 is 15.4 Å². The number of hydrogen-bond donors (Lipinski definition) is 2. The van der Waals surface area contributed by atoms with Crippen LogP contribution in [0.2, 0.25) is 0 Å². The van der Waals surface area contributed by atoms with Gasteiger partial charge in [-0.3, -0.25) is 4.79 Å². The molecule has 3 rings (SSSR count). The first-order chi connectivity index (χ1) is 8.83. The van der Waals surface area contributed by atoms with Gasteiger partial charge in [-0.1, -0.05) is 6.07 Å². The molecular formula is C14H18N2O2. The topological polar surface area (TPSA) is 50.4 Å². The van der Waals surface area contributed by atoms with Crippen molar-refractivity contribution < 1.29 is 9.53 Å². The van der Waals surface area contributed by atoms with E-state index >= 15 is 0 Å². The number of benzene rings is 1. The van der Waals surface area contributed by atoms with Gasteiger partial charge in [-0.2, -0.15) is 0 Å². The Hall–Kier alpha value is -1.39. The lowest BCUT2D eigenvalue weighted by molar-refractivity contribution is -0.124. The first-order valence-corrected chi connectivity index (χ1v) is 6.58. The van der Waals surface area contributed by atoms with Gasteiger partial charge in [-0.05, 0) is 49.1 Å². The number of rotatable bonds is 2. The maximum Gasteiger partial charge on any atom is 0.253 e. The lowest BCUT2D eigenvalue weighted by Gasteiger charge is -2.18. The Kier molecular flexibility index (Phi) is 3.30. The van der Waals surface area contributed by atoms with Crippen molar-refractivity contribution in [3.05, 3.63) is 29.3 Å². The molecule has 1 atom stereocenters. The minimum Gasteiger partial charge on any atom is -0.368 e. The van der Waals surface area contributed by atoms with E-state index in [1.165, 1.54) is 11.1 Å². The van der Waals surface area contributed by atoms with Gasteiger partial charge in [0.05, 0.1) is 0 Å². The molecule has 18 heavy (non-hydrogen) atoms. The lowest BCUT2D eigenvalue weighted by atomic mass is 10.0. The second kappa shape index (κ2) is 5.08. The largest absolute Gasteiger partial charge is 0.368 e. The number of anilines is 1. The fraction of sp³-hybridized carbons (Fsp3) is 0.500. The quantitative estimate of drug-likeness (QED) is 0.830. The molecule has 1 unspecified atom stereocenters. The Labute approximate surface area is 107 Å². The standard InChI is InChI=1S/C14H18N2O2/c17-14(13-2-1-7-18-13)16-12-4-3-10-5-6-15-9-11(10)8-12/h3-4,8,13,15H,1-2,5-7,9H2,(H,16,17). The first-order valence-electron chi connectivity index (χ1n) is 6.58. The third-order valence-corrected chi connectivity index (χ3v) is 3.58. The summed E-state index contributed by atoms with van der Waals surface area (Å²) >= 11 is 0. The molecule has 96 valence electrons. The molecule has 1 aromatic carbocycles. The monoisotopic (exact) mass is 246 g/mol. The molecule has 1 amide bonds. The van der Waals surface area contributed by atoms with Crippen LogP contribution < -0.4 is 10.6 Å². The van der Waals surface area contributed by atoms with Crippen molar-refractivity contribution in [2.75, 3.05) is 18.5 Å². The average molecular weight is 246 g/mol. The van der Waals surface area contributed by atoms with Crippen molar-refractivity contribution in [1.29, 1.82) is 0 Å². The van der Waals surface area contributed by atoms with Crippen molar-refractivity contribution in [3.8, 4) is 0 Å². The van der Waals surface area contributed by atoms with Crippen molar-refractivity contribution in [2.24, 2.45) is 0 Å². The van der Waals surface area contributed by atoms with E-state index in [2.05, 4.69) is 22.8 Å². The van der Waals surface area contributed by atoms with Gasteiger partial charge in [0.25, 0.3) is 5.91 Å². The van der Waals surface area contributed by atoms with E-state index in [-0.39, 0.29) is 12.0 Å². The lowest BCUT2D eigenvalue weighted by Crippen LogP contribution is -2.27. The third-order valence-electron chi connectivity index (χ3n) is 3.58. The van der Waals surface area contributed by atoms with Gasteiger partial charge >= 0.3 is 0 Å². The van der Waals surface area contributed by atoms with Crippen LogP contribution in [0.3, 0.4) is 0 Å². The predicted octanol–water partition coefficient (Wildman–Crippen LogP) is 1.45. The van der Waals surface area contributed by atoms with Crippen molar-refractivity contribution in [2.45, 2.75) is 31.9 Å². The van der Waals surface area contributed by atoms with E-state index in [0.717, 1.165) is 38.0 Å². The maximum absolute atomic E-state index is 11.9. The minimum absolute atomic E-state index is 0.0174. The van der Waals surface area contributed by atoms with Crippen LogP contribution >= 0.6 is 0 Å². The molecule has 4 nitrogen and oxygen atoms in total. The SMILES string of the molecule is O=C(Nc1ccc2c(c1)CNCC2)C1CCCO1. The zero-order valence-corrected chi connectivity index (χ0v) is 10.4. The highest BCUT2D eigenvalue weighted by atomic mass is 16.5. The number of amides is 1. The minimum atomic E-state index is -0.265. The fourth-order valence-corrected chi connectivity index (χ4v) is 2.57. The summed E-state index contributed by atoms with van der Waals surface area (Å²) in [5.74, 6) is -0.0174. The summed E-state index contributed by atoms with van der Waals surface area (Å²) in [4.78, 5) is 11.9. The highest BCUT2D eigenvalue weighted by Gasteiger charge is 2.23. The molecule has 0 radical (unpaired) electrons. The summed E-state index contributed by atoms with van der Waals surface area (Å²) in [6.07, 6.45) is 2.61. The van der Waals surface area contributed by atoms with Crippen LogP contribution in [-0.4, -0.2) is 25.2 Å². The molecule has 0 spiro atoms. The number of fused-ring (bicyclic) bond motifs is 1. The molecule has 0 bridgehead atoms. The van der Waals surface area contributed by atoms with Crippen LogP contribution in [-0.2, 0) is 22.5 Å². The van der Waals surface area contributed by atoms with E-state index in [9.17, 15) is 4.79 Å². The second-order valence-corrected chi connectivity index (χ2v) is 4.90. The molecule has 2 aliphatic rings. The Morgan fingerprint density at radius 1 is 1.39 bits per heavy atom. The van der Waals surface area contributed by atoms with E-state index in [4.69, 9.17) is 4.74 Å². The van der Waals surface area contributed by atoms with E-state index < -0.39 is 0 Å². The third kappa shape index (κ3) is 2.40. The number of nitrogens with one attached hydrogen (secondary N) is 2. The molecule has 4 heteroatoms. The van der Waals surface area contributed by atoms with Crippen molar-refractivity contribution >= 4 is 11.6 Å². The molecule has 0 aliphatic carbocycles. The highest BCUT2D eigenvalue weighted by Crippen LogP contribution is 2.20. The zero-order valence-electron chi connectivity index (χ0n) is 10.4. The normalized spacial score (nSPS) is 22.6. The summed E-state index contributed by atoms with van der Waals surface area (Å²) in [6.45, 7) is 2.62. The maximum atomic E-state index is 11.9. The summed E-state index contributed by atoms with van der Waals surface area (Å²) in [7, 11) is 0. The molecule has 0 aromatic heterocycles. The van der Waals surface area contributed by atoms with Crippen LogP contribution in [0.4, 0.5) is 5.69 Å². The fourth-order valence-electron chi connectivity index (χ4n) is 2.57. The smallest absolute Gasteiger partial charge is 0.253 e. The van der Waals surface area contributed by atoms with Gasteiger partial charge in [0.2, 0.25) is 0 Å². The van der Waals surface area contributed by atoms with E-state index in [1.807, 2.05) is 6.07 Å². The van der Waals surface area contributed by atoms with Crippen LogP contribution in [0, 0.1) is 0 Å². The molecule has 1 aromatic rings. The number of ether oxygens (including phenoxy) is 1. The summed E-state index contributed by atoms with van der Waals surface area (Å²) in [6, 6.07) is 6.16. The van der Waals surface area contributed by atoms with Crippen LogP contribution in [0.25, 0.3) is 0 Å². The predicted molar refractivity (Wildman–Crippen MR) is 69.5 cm³/mol. The van der Waals surface area contributed by atoms with E-state index in [1.54, 1.807) is 0 Å². The summed E-state index contributed by atoms with van der Waals surface area (Å²) in [5.41, 5.74) is 3.54. The summed E-state index contributed by atoms with van der Waals surface area (Å²) in [5, 5.41) is 6.28. The Bertz CT molecular complexity index is 453. The van der Waals surface area contributed by atoms with Gasteiger partial charge in [0.1, 0.15) is 6.10 Å². The molecule has 0 saturated carbocycles. The number of carbonyl (C=O) groups is 1. The number of hydrogen-bond acceptors (Lipinski definition) is 3. The highest BCUT2D eigenvalue weighted by molar-refractivity contribution is 5.94. The van der Waals surface area contributed by atoms with Gasteiger partial charge in [0.15, 0.2) is 0 Å². The van der Waals surface area contributed by atoms with Gasteiger partial charge in [-0.25, -0.2) is 0 Å². The van der Waals surface area contributed by atoms with Gasteiger partial charge in [-0.15, -0.1) is 0 Å². The second-order valence-electron chi connectivity index (χ2n) is 4.90. The Morgan fingerprint density at radius 3 is 3.17 bits per heavy atom. The van der Waals surface area contributed by atoms with Crippen LogP contribution in [0.5, 0.6) is 0 Å². The van der Waals surface area contributed by atoms with Crippen molar-refractivity contribution in [1.82, 2.24) is 5.32 Å².